The third-order valence-electron chi connectivity index (χ3n) is 7.92. The zero-order valence-electron chi connectivity index (χ0n) is 13.6. The molecule has 6 atom stereocenters. The first kappa shape index (κ1) is 14.9. The molecule has 3 fully saturated rings. The summed E-state index contributed by atoms with van der Waals surface area (Å²) in [4.78, 5) is 11.8. The maximum absolute atomic E-state index is 11.8. The molecule has 2 N–H and O–H groups in total. The van der Waals surface area contributed by atoms with Crippen molar-refractivity contribution < 1.29 is 15.0 Å². The second kappa shape index (κ2) is 4.91. The van der Waals surface area contributed by atoms with Crippen molar-refractivity contribution in [3.8, 4) is 0 Å². The van der Waals surface area contributed by atoms with Gasteiger partial charge in [0.2, 0.25) is 0 Å². The Balaban J connectivity index is 1.71. The molecule has 0 amide bonds. The van der Waals surface area contributed by atoms with Crippen LogP contribution in [0.2, 0.25) is 0 Å². The molecule has 0 heterocycles. The Hall–Kier alpha value is -0.670. The molecule has 3 saturated carbocycles. The zero-order chi connectivity index (χ0) is 15.5. The number of hydrogen-bond acceptors (Lipinski definition) is 3. The zero-order valence-corrected chi connectivity index (χ0v) is 13.6. The highest BCUT2D eigenvalue weighted by molar-refractivity contribution is 5.91. The van der Waals surface area contributed by atoms with Gasteiger partial charge in [-0.15, -0.1) is 0 Å². The summed E-state index contributed by atoms with van der Waals surface area (Å²) in [7, 11) is 0. The van der Waals surface area contributed by atoms with Crippen LogP contribution < -0.4 is 0 Å². The monoisotopic (exact) mass is 304 g/mol. The van der Waals surface area contributed by atoms with E-state index in [1.165, 1.54) is 5.57 Å². The molecule has 0 spiro atoms. The fourth-order valence-electron chi connectivity index (χ4n) is 6.63. The summed E-state index contributed by atoms with van der Waals surface area (Å²) in [6.45, 7) is 2.48. The standard InChI is InChI=1S/C19H28O3/c1-18-8-7-16-14(15(18)4-5-17(18)22)3-2-12-10-13(21)6-9-19(12,16)11-20/h10,14-17,20,22H,2-9,11H2,1H3/t14-,15?,16-,17-,18-,19+/m0/s1. The van der Waals surface area contributed by atoms with Gasteiger partial charge in [-0.3, -0.25) is 4.79 Å². The Morgan fingerprint density at radius 3 is 2.73 bits per heavy atom. The highest BCUT2D eigenvalue weighted by Gasteiger charge is 2.59. The van der Waals surface area contributed by atoms with Gasteiger partial charge in [-0.1, -0.05) is 12.5 Å². The van der Waals surface area contributed by atoms with Crippen LogP contribution >= 0.6 is 0 Å². The Bertz CT molecular complexity index is 525. The number of fused-ring (bicyclic) bond motifs is 5. The highest BCUT2D eigenvalue weighted by atomic mass is 16.3. The van der Waals surface area contributed by atoms with Crippen LogP contribution in [0, 0.1) is 28.6 Å². The van der Waals surface area contributed by atoms with Crippen LogP contribution in [0.1, 0.15) is 58.3 Å². The molecular formula is C19H28O3. The first-order chi connectivity index (χ1) is 10.5. The summed E-state index contributed by atoms with van der Waals surface area (Å²) in [6.07, 6.45) is 9.49. The van der Waals surface area contributed by atoms with Crippen LogP contribution in [-0.4, -0.2) is 28.7 Å². The van der Waals surface area contributed by atoms with E-state index in [-0.39, 0.29) is 29.3 Å². The van der Waals surface area contributed by atoms with Gasteiger partial charge in [0.25, 0.3) is 0 Å². The number of aliphatic hydroxyl groups excluding tert-OH is 2. The molecule has 4 aliphatic rings. The van der Waals surface area contributed by atoms with E-state index < -0.39 is 0 Å². The van der Waals surface area contributed by atoms with Gasteiger partial charge in [0, 0.05) is 11.8 Å². The average Bonchev–Trinajstić information content (AvgIpc) is 2.82. The largest absolute Gasteiger partial charge is 0.395 e. The molecule has 0 radical (unpaired) electrons. The van der Waals surface area contributed by atoms with Crippen molar-refractivity contribution in [3.63, 3.8) is 0 Å². The van der Waals surface area contributed by atoms with Gasteiger partial charge in [-0.25, -0.2) is 0 Å². The summed E-state index contributed by atoms with van der Waals surface area (Å²) in [5, 5.41) is 20.7. The SMILES string of the molecule is C[C@]12CC[C@H]3[C@@H](CCC4=CC(=O)CC[C@@]43CO)C1CC[C@@H]2O. The average molecular weight is 304 g/mol. The minimum absolute atomic E-state index is 0.0868. The summed E-state index contributed by atoms with van der Waals surface area (Å²) in [5.41, 5.74) is 1.18. The van der Waals surface area contributed by atoms with Crippen LogP contribution in [0.3, 0.4) is 0 Å². The molecule has 122 valence electrons. The van der Waals surface area contributed by atoms with Gasteiger partial charge in [-0.05, 0) is 74.2 Å². The van der Waals surface area contributed by atoms with Gasteiger partial charge < -0.3 is 10.2 Å². The molecule has 22 heavy (non-hydrogen) atoms. The molecule has 3 heteroatoms. The lowest BCUT2D eigenvalue weighted by Gasteiger charge is -2.58. The van der Waals surface area contributed by atoms with Crippen molar-refractivity contribution in [2.45, 2.75) is 64.4 Å². The third kappa shape index (κ3) is 1.78. The van der Waals surface area contributed by atoms with Crippen LogP contribution in [0.25, 0.3) is 0 Å². The quantitative estimate of drug-likeness (QED) is 0.783. The fraction of sp³-hybridized carbons (Fsp3) is 0.842. The van der Waals surface area contributed by atoms with E-state index in [9.17, 15) is 15.0 Å². The van der Waals surface area contributed by atoms with Crippen molar-refractivity contribution >= 4 is 5.78 Å². The fourth-order valence-corrected chi connectivity index (χ4v) is 6.63. The second-order valence-corrected chi connectivity index (χ2v) is 8.50. The van der Waals surface area contributed by atoms with Crippen LogP contribution in [0.4, 0.5) is 0 Å². The molecule has 0 bridgehead atoms. The summed E-state index contributed by atoms with van der Waals surface area (Å²) in [5.74, 6) is 1.97. The van der Waals surface area contributed by atoms with Crippen molar-refractivity contribution in [2.75, 3.05) is 6.61 Å². The van der Waals surface area contributed by atoms with E-state index in [0.717, 1.165) is 44.9 Å². The second-order valence-electron chi connectivity index (χ2n) is 8.50. The number of hydrogen-bond donors (Lipinski definition) is 2. The van der Waals surface area contributed by atoms with Crippen molar-refractivity contribution in [2.24, 2.45) is 28.6 Å². The first-order valence-corrected chi connectivity index (χ1v) is 9.04. The molecule has 0 aromatic rings. The van der Waals surface area contributed by atoms with Crippen molar-refractivity contribution in [1.82, 2.24) is 0 Å². The Morgan fingerprint density at radius 1 is 1.14 bits per heavy atom. The molecule has 0 aromatic heterocycles. The van der Waals surface area contributed by atoms with Gasteiger partial charge in [-0.2, -0.15) is 0 Å². The number of ketones is 1. The van der Waals surface area contributed by atoms with Crippen molar-refractivity contribution in [1.29, 1.82) is 0 Å². The molecule has 0 saturated heterocycles. The molecule has 0 aliphatic heterocycles. The maximum Gasteiger partial charge on any atom is 0.155 e. The van der Waals surface area contributed by atoms with Gasteiger partial charge in [0.1, 0.15) is 0 Å². The van der Waals surface area contributed by atoms with E-state index in [4.69, 9.17) is 0 Å². The Morgan fingerprint density at radius 2 is 1.95 bits per heavy atom. The summed E-state index contributed by atoms with van der Waals surface area (Å²) >= 11 is 0. The lowest BCUT2D eigenvalue weighted by atomic mass is 9.47. The number of aliphatic hydroxyl groups is 2. The summed E-state index contributed by atoms with van der Waals surface area (Å²) < 4.78 is 0. The first-order valence-electron chi connectivity index (χ1n) is 9.04. The third-order valence-corrected chi connectivity index (χ3v) is 7.92. The molecular weight excluding hydrogens is 276 g/mol. The van der Waals surface area contributed by atoms with E-state index in [1.54, 1.807) is 0 Å². The van der Waals surface area contributed by atoms with Gasteiger partial charge >= 0.3 is 0 Å². The normalized spacial score (nSPS) is 50.9. The Kier molecular flexibility index (Phi) is 3.32. The molecule has 1 unspecified atom stereocenters. The van der Waals surface area contributed by atoms with E-state index in [0.29, 0.717) is 24.2 Å². The molecule has 4 rings (SSSR count). The van der Waals surface area contributed by atoms with Crippen molar-refractivity contribution in [3.05, 3.63) is 11.6 Å². The maximum atomic E-state index is 11.8. The number of carbonyl (C=O) groups excluding carboxylic acids is 1. The molecule has 0 aromatic carbocycles. The predicted molar refractivity (Wildman–Crippen MR) is 84.1 cm³/mol. The Labute approximate surface area is 132 Å². The van der Waals surface area contributed by atoms with E-state index in [2.05, 4.69) is 6.92 Å². The highest BCUT2D eigenvalue weighted by Crippen LogP contribution is 2.65. The smallest absolute Gasteiger partial charge is 0.155 e. The minimum Gasteiger partial charge on any atom is -0.395 e. The number of carbonyl (C=O) groups is 1. The summed E-state index contributed by atoms with van der Waals surface area (Å²) in [6, 6.07) is 0. The lowest BCUT2D eigenvalue weighted by Crippen LogP contribution is -2.53. The van der Waals surface area contributed by atoms with Crippen LogP contribution in [-0.2, 0) is 4.79 Å². The number of rotatable bonds is 1. The van der Waals surface area contributed by atoms with Gasteiger partial charge in [0.05, 0.1) is 12.7 Å². The minimum atomic E-state index is -0.145. The van der Waals surface area contributed by atoms with Gasteiger partial charge in [0.15, 0.2) is 5.78 Å². The predicted octanol–water partition coefficient (Wildman–Crippen LogP) is 2.85. The van der Waals surface area contributed by atoms with Crippen LogP contribution in [0.5, 0.6) is 0 Å². The molecule has 4 aliphatic carbocycles. The topological polar surface area (TPSA) is 57.5 Å². The lowest BCUT2D eigenvalue weighted by molar-refractivity contribution is -0.120. The van der Waals surface area contributed by atoms with Crippen LogP contribution in [0.15, 0.2) is 11.6 Å². The molecule has 3 nitrogen and oxygen atoms in total. The van der Waals surface area contributed by atoms with E-state index in [1.807, 2.05) is 6.08 Å². The van der Waals surface area contributed by atoms with E-state index >= 15 is 0 Å².